The van der Waals surface area contributed by atoms with Gasteiger partial charge in [0.05, 0.1) is 12.1 Å². The molecule has 3 atom stereocenters. The number of hydrogen-bond donors (Lipinski definition) is 1. The molecule has 0 aliphatic carbocycles. The Bertz CT molecular complexity index is 530. The minimum atomic E-state index is 0.0557. The molecule has 2 aliphatic heterocycles. The molecular weight excluding hydrogens is 296 g/mol. The first-order valence-electron chi connectivity index (χ1n) is 8.16. The summed E-state index contributed by atoms with van der Waals surface area (Å²) in [6.45, 7) is 7.95. The Morgan fingerprint density at radius 2 is 2.27 bits per heavy atom. The molecule has 0 spiro atoms. The molecule has 5 nitrogen and oxygen atoms in total. The molecule has 22 heavy (non-hydrogen) atoms. The van der Waals surface area contributed by atoms with E-state index in [4.69, 9.17) is 0 Å². The van der Waals surface area contributed by atoms with Crippen molar-refractivity contribution in [2.24, 2.45) is 18.9 Å². The summed E-state index contributed by atoms with van der Waals surface area (Å²) in [5.41, 5.74) is 1.18. The second-order valence-corrected chi connectivity index (χ2v) is 8.10. The summed E-state index contributed by atoms with van der Waals surface area (Å²) in [6, 6.07) is 0. The van der Waals surface area contributed by atoms with Gasteiger partial charge in [0.15, 0.2) is 0 Å². The Balaban J connectivity index is 1.70. The monoisotopic (exact) mass is 322 g/mol. The Morgan fingerprint density at radius 3 is 2.95 bits per heavy atom. The first-order valence-corrected chi connectivity index (χ1v) is 9.20. The molecule has 1 amide bonds. The fourth-order valence-electron chi connectivity index (χ4n) is 3.43. The lowest BCUT2D eigenvalue weighted by atomic mass is 9.89. The van der Waals surface area contributed by atoms with Crippen molar-refractivity contribution in [1.29, 1.82) is 0 Å². The highest BCUT2D eigenvalue weighted by Gasteiger charge is 2.38. The van der Waals surface area contributed by atoms with E-state index in [9.17, 15) is 4.79 Å². The molecule has 2 saturated heterocycles. The van der Waals surface area contributed by atoms with Crippen LogP contribution >= 0.6 is 11.8 Å². The van der Waals surface area contributed by atoms with Crippen LogP contribution in [-0.2, 0) is 11.8 Å². The average Bonchev–Trinajstić information content (AvgIpc) is 3.15. The van der Waals surface area contributed by atoms with E-state index in [-0.39, 0.29) is 11.8 Å². The maximum Gasteiger partial charge on any atom is 0.227 e. The van der Waals surface area contributed by atoms with Crippen molar-refractivity contribution in [3.63, 3.8) is 0 Å². The Morgan fingerprint density at radius 1 is 1.45 bits per heavy atom. The molecule has 3 rings (SSSR count). The number of amides is 1. The van der Waals surface area contributed by atoms with E-state index in [1.54, 1.807) is 0 Å². The van der Waals surface area contributed by atoms with Crippen LogP contribution in [0.3, 0.4) is 0 Å². The molecule has 1 aromatic rings. The molecule has 1 N–H and O–H groups in total. The molecule has 2 fully saturated rings. The Labute approximate surface area is 136 Å². The van der Waals surface area contributed by atoms with E-state index in [0.29, 0.717) is 17.1 Å². The van der Waals surface area contributed by atoms with Crippen LogP contribution in [0.15, 0.2) is 12.4 Å². The highest BCUT2D eigenvalue weighted by molar-refractivity contribution is 8.00. The number of aromatic nitrogens is 2. The quantitative estimate of drug-likeness (QED) is 0.912. The van der Waals surface area contributed by atoms with Gasteiger partial charge in [-0.3, -0.25) is 9.48 Å². The van der Waals surface area contributed by atoms with Crippen molar-refractivity contribution >= 4 is 17.7 Å². The maximum atomic E-state index is 13.0. The summed E-state index contributed by atoms with van der Waals surface area (Å²) in [5.74, 6) is 2.32. The van der Waals surface area contributed by atoms with Gasteiger partial charge in [0.2, 0.25) is 5.91 Å². The third-order valence-corrected chi connectivity index (χ3v) is 6.37. The number of thioether (sulfide) groups is 1. The second kappa shape index (κ2) is 6.62. The van der Waals surface area contributed by atoms with Crippen LogP contribution in [0.2, 0.25) is 0 Å². The number of nitrogens with zero attached hydrogens (tertiary/aromatic N) is 3. The lowest BCUT2D eigenvalue weighted by Gasteiger charge is -2.36. The lowest BCUT2D eigenvalue weighted by Crippen LogP contribution is -2.47. The molecule has 1 aromatic heterocycles. The predicted molar refractivity (Wildman–Crippen MR) is 90.0 cm³/mol. The molecule has 0 aromatic carbocycles. The fraction of sp³-hybridized carbons (Fsp3) is 0.750. The van der Waals surface area contributed by atoms with Gasteiger partial charge in [-0.2, -0.15) is 16.9 Å². The van der Waals surface area contributed by atoms with Crippen molar-refractivity contribution in [3.8, 4) is 0 Å². The number of carbonyl (C=O) groups excluding carboxylic acids is 1. The molecule has 0 radical (unpaired) electrons. The van der Waals surface area contributed by atoms with Crippen LogP contribution in [-0.4, -0.2) is 57.8 Å². The number of hydrogen-bond acceptors (Lipinski definition) is 4. The molecule has 0 saturated carbocycles. The van der Waals surface area contributed by atoms with Gasteiger partial charge in [-0.05, 0) is 11.5 Å². The Hall–Kier alpha value is -1.01. The zero-order valence-electron chi connectivity index (χ0n) is 13.7. The van der Waals surface area contributed by atoms with Crippen LogP contribution in [0.25, 0.3) is 0 Å². The van der Waals surface area contributed by atoms with Gasteiger partial charge >= 0.3 is 0 Å². The van der Waals surface area contributed by atoms with Gasteiger partial charge in [0.25, 0.3) is 0 Å². The fourth-order valence-corrected chi connectivity index (χ4v) is 4.73. The third-order valence-electron chi connectivity index (χ3n) is 4.83. The zero-order valence-corrected chi connectivity index (χ0v) is 14.5. The van der Waals surface area contributed by atoms with E-state index >= 15 is 0 Å². The normalized spacial score (nSPS) is 29.3. The summed E-state index contributed by atoms with van der Waals surface area (Å²) in [6.07, 6.45) is 3.95. The number of carbonyl (C=O) groups is 1. The molecule has 2 aliphatic rings. The third kappa shape index (κ3) is 3.18. The largest absolute Gasteiger partial charge is 0.340 e. The SMILES string of the molecule is CC(C)C1CN(C(=O)[C@H]2CNC[C@@H]2c2cnn(C)c2)CCS1. The predicted octanol–water partition coefficient (Wildman–Crippen LogP) is 1.32. The summed E-state index contributed by atoms with van der Waals surface area (Å²) in [4.78, 5) is 15.1. The van der Waals surface area contributed by atoms with Crippen LogP contribution in [0, 0.1) is 11.8 Å². The summed E-state index contributed by atoms with van der Waals surface area (Å²) in [5, 5.41) is 8.23. The number of rotatable bonds is 3. The van der Waals surface area contributed by atoms with Gasteiger partial charge in [-0.25, -0.2) is 0 Å². The highest BCUT2D eigenvalue weighted by Crippen LogP contribution is 2.32. The molecule has 6 heteroatoms. The molecule has 122 valence electrons. The molecule has 0 bridgehead atoms. The van der Waals surface area contributed by atoms with Crippen molar-refractivity contribution < 1.29 is 4.79 Å². The molecule has 1 unspecified atom stereocenters. The average molecular weight is 322 g/mol. The highest BCUT2D eigenvalue weighted by atomic mass is 32.2. The summed E-state index contributed by atoms with van der Waals surface area (Å²) in [7, 11) is 1.93. The first kappa shape index (κ1) is 15.9. The van der Waals surface area contributed by atoms with E-state index < -0.39 is 0 Å². The van der Waals surface area contributed by atoms with Crippen LogP contribution < -0.4 is 5.32 Å². The minimum absolute atomic E-state index is 0.0557. The Kier molecular flexibility index (Phi) is 4.78. The first-order chi connectivity index (χ1) is 10.6. The molecular formula is C16H26N4OS. The standard InChI is InChI=1S/C16H26N4OS/c1-11(2)15-10-20(4-5-22-15)16(21)14-8-17-7-13(14)12-6-18-19(3)9-12/h6,9,11,13-15,17H,4-5,7-8,10H2,1-3H3/t13-,14+,15?/m1/s1. The molecule has 3 heterocycles. The van der Waals surface area contributed by atoms with Gasteiger partial charge in [0.1, 0.15) is 0 Å². The number of nitrogens with one attached hydrogen (secondary N) is 1. The lowest BCUT2D eigenvalue weighted by molar-refractivity contribution is -0.135. The van der Waals surface area contributed by atoms with Crippen molar-refractivity contribution in [2.75, 3.05) is 31.9 Å². The van der Waals surface area contributed by atoms with Crippen LogP contribution in [0.4, 0.5) is 0 Å². The van der Waals surface area contributed by atoms with Crippen LogP contribution in [0.1, 0.15) is 25.3 Å². The second-order valence-electron chi connectivity index (χ2n) is 6.76. The van der Waals surface area contributed by atoms with E-state index in [1.807, 2.05) is 35.9 Å². The zero-order chi connectivity index (χ0) is 15.7. The van der Waals surface area contributed by atoms with Gasteiger partial charge < -0.3 is 10.2 Å². The van der Waals surface area contributed by atoms with E-state index in [2.05, 4.69) is 29.2 Å². The van der Waals surface area contributed by atoms with E-state index in [0.717, 1.165) is 31.9 Å². The minimum Gasteiger partial charge on any atom is -0.340 e. The maximum absolute atomic E-state index is 13.0. The van der Waals surface area contributed by atoms with Gasteiger partial charge in [0, 0.05) is 56.3 Å². The van der Waals surface area contributed by atoms with Crippen molar-refractivity contribution in [2.45, 2.75) is 25.0 Å². The van der Waals surface area contributed by atoms with Crippen molar-refractivity contribution in [1.82, 2.24) is 20.0 Å². The van der Waals surface area contributed by atoms with Gasteiger partial charge in [-0.15, -0.1) is 0 Å². The van der Waals surface area contributed by atoms with Crippen molar-refractivity contribution in [3.05, 3.63) is 18.0 Å². The summed E-state index contributed by atoms with van der Waals surface area (Å²) < 4.78 is 1.82. The van der Waals surface area contributed by atoms with Crippen LogP contribution in [0.5, 0.6) is 0 Å². The summed E-state index contributed by atoms with van der Waals surface area (Å²) >= 11 is 2.01. The number of aryl methyl sites for hydroxylation is 1. The van der Waals surface area contributed by atoms with E-state index in [1.165, 1.54) is 5.56 Å². The van der Waals surface area contributed by atoms with Gasteiger partial charge in [-0.1, -0.05) is 13.8 Å². The topological polar surface area (TPSA) is 50.2 Å². The smallest absolute Gasteiger partial charge is 0.227 e.